The number of likely N-dealkylation sites (N-methyl/N-ethyl adjacent to an activating group) is 1. The molecule has 2 aliphatic carbocycles. The van der Waals surface area contributed by atoms with Gasteiger partial charge in [0.1, 0.15) is 17.8 Å². The summed E-state index contributed by atoms with van der Waals surface area (Å²) in [7, 11) is 3.69. The van der Waals surface area contributed by atoms with Gasteiger partial charge in [-0.05, 0) is 38.1 Å². The molecule has 1 fully saturated rings. The van der Waals surface area contributed by atoms with Gasteiger partial charge in [-0.25, -0.2) is 0 Å². The lowest BCUT2D eigenvalue weighted by molar-refractivity contribution is -0.151. The third-order valence-electron chi connectivity index (χ3n) is 6.49. The molecule has 2 bridgehead atoms. The van der Waals surface area contributed by atoms with E-state index < -0.39 is 23.2 Å². The summed E-state index contributed by atoms with van der Waals surface area (Å²) < 4.78 is 11.7. The predicted octanol–water partition coefficient (Wildman–Crippen LogP) is 0.616. The summed E-state index contributed by atoms with van der Waals surface area (Å²) in [5, 5.41) is 22.3. The molecule has 5 heteroatoms. The molecule has 4 aliphatic rings. The Labute approximate surface area is 135 Å². The van der Waals surface area contributed by atoms with Crippen LogP contribution in [0, 0.1) is 0 Å². The first-order valence-corrected chi connectivity index (χ1v) is 8.20. The number of piperidine rings is 1. The first kappa shape index (κ1) is 13.8. The minimum Gasteiger partial charge on any atom is -0.493 e. The number of hydrogen-bond acceptors (Lipinski definition) is 5. The Balaban J connectivity index is 1.87. The molecule has 1 saturated heterocycles. The molecule has 5 rings (SSSR count). The van der Waals surface area contributed by atoms with E-state index in [2.05, 4.69) is 18.0 Å². The van der Waals surface area contributed by atoms with Crippen LogP contribution in [0.25, 0.3) is 0 Å². The molecule has 2 N–H and O–H groups in total. The van der Waals surface area contributed by atoms with Crippen molar-refractivity contribution in [2.75, 3.05) is 20.7 Å². The fraction of sp³-hybridized carbons (Fsp3) is 0.556. The highest BCUT2D eigenvalue weighted by molar-refractivity contribution is 5.64. The highest BCUT2D eigenvalue weighted by Crippen LogP contribution is 2.63. The summed E-state index contributed by atoms with van der Waals surface area (Å²) in [4.78, 5) is 2.23. The first-order valence-electron chi connectivity index (χ1n) is 8.20. The molecule has 0 aromatic heterocycles. The molecule has 0 radical (unpaired) electrons. The van der Waals surface area contributed by atoms with Gasteiger partial charge in [0.25, 0.3) is 0 Å². The Bertz CT molecular complexity index is 732. The van der Waals surface area contributed by atoms with Crippen LogP contribution >= 0.6 is 0 Å². The number of benzene rings is 1. The number of hydrogen-bond donors (Lipinski definition) is 2. The summed E-state index contributed by atoms with van der Waals surface area (Å²) in [6.45, 7) is 0.878. The van der Waals surface area contributed by atoms with E-state index in [0.717, 1.165) is 24.9 Å². The quantitative estimate of drug-likeness (QED) is 0.744. The molecule has 5 nitrogen and oxygen atoms in total. The van der Waals surface area contributed by atoms with Crippen molar-refractivity contribution in [3.05, 3.63) is 35.4 Å². The second-order valence-corrected chi connectivity index (χ2v) is 7.27. The summed E-state index contributed by atoms with van der Waals surface area (Å²) in [6, 6.07) is 4.02. The molecule has 1 aromatic carbocycles. The SMILES string of the molecule is COc1ccc2c3c1OC1C(O)C=C[C@@]4(O)C(C2)N(C)CC[C@]314. The van der Waals surface area contributed by atoms with E-state index in [1.807, 2.05) is 12.1 Å². The van der Waals surface area contributed by atoms with Crippen molar-refractivity contribution < 1.29 is 19.7 Å². The third-order valence-corrected chi connectivity index (χ3v) is 6.49. The van der Waals surface area contributed by atoms with E-state index in [-0.39, 0.29) is 6.04 Å². The van der Waals surface area contributed by atoms with Gasteiger partial charge in [0.05, 0.1) is 12.5 Å². The molecule has 3 unspecified atom stereocenters. The molecule has 1 spiro atoms. The third kappa shape index (κ3) is 1.32. The minimum atomic E-state index is -1.02. The fourth-order valence-corrected chi connectivity index (χ4v) is 5.44. The van der Waals surface area contributed by atoms with Crippen molar-refractivity contribution in [3.63, 3.8) is 0 Å². The number of ether oxygens (including phenoxy) is 2. The second kappa shape index (κ2) is 4.09. The topological polar surface area (TPSA) is 62.2 Å². The van der Waals surface area contributed by atoms with E-state index in [9.17, 15) is 10.2 Å². The van der Waals surface area contributed by atoms with Crippen molar-refractivity contribution in [2.24, 2.45) is 0 Å². The van der Waals surface area contributed by atoms with Crippen LogP contribution in [0.3, 0.4) is 0 Å². The fourth-order valence-electron chi connectivity index (χ4n) is 5.44. The molecular formula is C18H21NO4. The Morgan fingerprint density at radius 2 is 2.22 bits per heavy atom. The molecule has 1 aromatic rings. The Morgan fingerprint density at radius 3 is 3.00 bits per heavy atom. The Morgan fingerprint density at radius 1 is 1.39 bits per heavy atom. The van der Waals surface area contributed by atoms with Gasteiger partial charge in [-0.2, -0.15) is 0 Å². The van der Waals surface area contributed by atoms with Crippen LogP contribution in [-0.2, 0) is 11.8 Å². The first-order chi connectivity index (χ1) is 11.0. The zero-order chi connectivity index (χ0) is 16.0. The van der Waals surface area contributed by atoms with E-state index in [4.69, 9.17) is 9.47 Å². The number of rotatable bonds is 1. The standard InChI is InChI=1S/C18H21NO4/c1-19-8-7-17-14-10-3-4-12(22-2)15(14)23-16(17)11(20)5-6-18(17,21)13(19)9-10/h3-6,11,13,16,20-21H,7-9H2,1-2H3/t11?,13?,16?,17-,18+/m0/s1. The molecule has 0 saturated carbocycles. The molecular weight excluding hydrogens is 294 g/mol. The minimum absolute atomic E-state index is 0.00190. The summed E-state index contributed by atoms with van der Waals surface area (Å²) in [5.41, 5.74) is 0.647. The van der Waals surface area contributed by atoms with Crippen LogP contribution in [0.15, 0.2) is 24.3 Å². The zero-order valence-corrected chi connectivity index (χ0v) is 13.3. The van der Waals surface area contributed by atoms with Crippen LogP contribution < -0.4 is 9.47 Å². The number of likely N-dealkylation sites (tertiary alicyclic amines) is 1. The van der Waals surface area contributed by atoms with Crippen molar-refractivity contribution >= 4 is 0 Å². The summed E-state index contributed by atoms with van der Waals surface area (Å²) in [5.74, 6) is 1.39. The Hall–Kier alpha value is -1.56. The predicted molar refractivity (Wildman–Crippen MR) is 83.9 cm³/mol. The van der Waals surface area contributed by atoms with E-state index >= 15 is 0 Å². The molecule has 0 amide bonds. The van der Waals surface area contributed by atoms with Gasteiger partial charge in [0.2, 0.25) is 0 Å². The van der Waals surface area contributed by atoms with Crippen LogP contribution in [0.5, 0.6) is 11.5 Å². The van der Waals surface area contributed by atoms with Crippen molar-refractivity contribution in [3.8, 4) is 11.5 Å². The average molecular weight is 315 g/mol. The lowest BCUT2D eigenvalue weighted by Gasteiger charge is -2.61. The molecule has 2 aliphatic heterocycles. The van der Waals surface area contributed by atoms with E-state index in [0.29, 0.717) is 11.5 Å². The van der Waals surface area contributed by atoms with Gasteiger partial charge in [0.15, 0.2) is 11.5 Å². The number of aliphatic hydroxyl groups excluding tert-OH is 1. The second-order valence-electron chi connectivity index (χ2n) is 7.27. The van der Waals surface area contributed by atoms with Crippen molar-refractivity contribution in [2.45, 2.75) is 42.1 Å². The maximum atomic E-state index is 11.7. The molecule has 122 valence electrons. The van der Waals surface area contributed by atoms with Crippen molar-refractivity contribution in [1.29, 1.82) is 0 Å². The van der Waals surface area contributed by atoms with Gasteiger partial charge in [-0.1, -0.05) is 18.2 Å². The monoisotopic (exact) mass is 315 g/mol. The van der Waals surface area contributed by atoms with Gasteiger partial charge < -0.3 is 19.7 Å². The van der Waals surface area contributed by atoms with Crippen LogP contribution in [0.2, 0.25) is 0 Å². The highest BCUT2D eigenvalue weighted by atomic mass is 16.5. The van der Waals surface area contributed by atoms with Crippen LogP contribution in [0.1, 0.15) is 17.5 Å². The van der Waals surface area contributed by atoms with Gasteiger partial charge in [-0.15, -0.1) is 0 Å². The normalized spacial score (nSPS) is 43.0. The smallest absolute Gasteiger partial charge is 0.166 e. The molecule has 5 atom stereocenters. The number of methoxy groups -OCH3 is 1. The maximum absolute atomic E-state index is 11.7. The largest absolute Gasteiger partial charge is 0.493 e. The zero-order valence-electron chi connectivity index (χ0n) is 13.3. The lowest BCUT2D eigenvalue weighted by atomic mass is 9.50. The van der Waals surface area contributed by atoms with Crippen molar-refractivity contribution in [1.82, 2.24) is 4.90 Å². The summed E-state index contributed by atoms with van der Waals surface area (Å²) >= 11 is 0. The van der Waals surface area contributed by atoms with E-state index in [1.165, 1.54) is 5.56 Å². The molecule has 2 heterocycles. The van der Waals surface area contributed by atoms with E-state index in [1.54, 1.807) is 13.2 Å². The maximum Gasteiger partial charge on any atom is 0.166 e. The number of nitrogens with zero attached hydrogens (tertiary/aromatic N) is 1. The van der Waals surface area contributed by atoms with Crippen LogP contribution in [-0.4, -0.2) is 59.7 Å². The highest BCUT2D eigenvalue weighted by Gasteiger charge is 2.71. The number of aliphatic hydroxyl groups is 2. The molecule has 23 heavy (non-hydrogen) atoms. The van der Waals surface area contributed by atoms with Gasteiger partial charge in [0, 0.05) is 11.6 Å². The van der Waals surface area contributed by atoms with Gasteiger partial charge >= 0.3 is 0 Å². The lowest BCUT2D eigenvalue weighted by Crippen LogP contribution is -2.75. The summed E-state index contributed by atoms with van der Waals surface area (Å²) in [6.07, 6.45) is 3.86. The average Bonchev–Trinajstić information content (AvgIpc) is 2.90. The van der Waals surface area contributed by atoms with Crippen LogP contribution in [0.4, 0.5) is 0 Å². The Kier molecular flexibility index (Phi) is 2.46. The van der Waals surface area contributed by atoms with Gasteiger partial charge in [-0.3, -0.25) is 4.90 Å².